The summed E-state index contributed by atoms with van der Waals surface area (Å²) >= 11 is 0. The van der Waals surface area contributed by atoms with Crippen molar-refractivity contribution in [1.29, 1.82) is 0 Å². The minimum absolute atomic E-state index is 0.0634. The van der Waals surface area contributed by atoms with Gasteiger partial charge in [0.15, 0.2) is 0 Å². The molecule has 2 aliphatic heterocycles. The Morgan fingerprint density at radius 2 is 2.40 bits per heavy atom. The number of piperidine rings is 1. The lowest BCUT2D eigenvalue weighted by atomic mass is 9.95. The monoisotopic (exact) mass is 280 g/mol. The molecule has 7 nitrogen and oxygen atoms in total. The van der Waals surface area contributed by atoms with Crippen LogP contribution in [0.4, 0.5) is 0 Å². The van der Waals surface area contributed by atoms with Gasteiger partial charge in [-0.15, -0.1) is 0 Å². The Morgan fingerprint density at radius 1 is 1.55 bits per heavy atom. The molecule has 20 heavy (non-hydrogen) atoms. The highest BCUT2D eigenvalue weighted by Crippen LogP contribution is 2.23. The van der Waals surface area contributed by atoms with Gasteiger partial charge in [-0.05, 0) is 39.2 Å². The van der Waals surface area contributed by atoms with E-state index in [9.17, 15) is 9.90 Å². The Labute approximate surface area is 117 Å². The summed E-state index contributed by atoms with van der Waals surface area (Å²) in [7, 11) is 0. The molecule has 0 radical (unpaired) electrons. The third kappa shape index (κ3) is 2.69. The van der Waals surface area contributed by atoms with E-state index in [4.69, 9.17) is 4.52 Å². The third-order valence-electron chi connectivity index (χ3n) is 3.95. The number of β-amino-alcohol motifs (C(OH)–C–C–N with tert-alkyl or cyclic N) is 1. The molecule has 7 heteroatoms. The van der Waals surface area contributed by atoms with E-state index in [0.29, 0.717) is 25.4 Å². The van der Waals surface area contributed by atoms with E-state index < -0.39 is 5.60 Å². The van der Waals surface area contributed by atoms with E-state index in [-0.39, 0.29) is 17.8 Å². The summed E-state index contributed by atoms with van der Waals surface area (Å²) in [6, 6.07) is 0.0634. The van der Waals surface area contributed by atoms with Gasteiger partial charge in [0.05, 0.1) is 11.6 Å². The predicted octanol–water partition coefficient (Wildman–Crippen LogP) is 0.481. The molecule has 2 atom stereocenters. The van der Waals surface area contributed by atoms with E-state index in [1.165, 1.54) is 0 Å². The number of amides is 1. The Balaban J connectivity index is 1.70. The number of carbonyl (C=O) groups is 1. The molecular weight excluding hydrogens is 260 g/mol. The van der Waals surface area contributed by atoms with Gasteiger partial charge in [-0.25, -0.2) is 0 Å². The maximum Gasteiger partial charge on any atom is 0.295 e. The molecule has 0 spiro atoms. The van der Waals surface area contributed by atoms with Crippen molar-refractivity contribution in [2.75, 3.05) is 19.6 Å². The van der Waals surface area contributed by atoms with Gasteiger partial charge in [-0.3, -0.25) is 4.79 Å². The quantitative estimate of drug-likeness (QED) is 0.819. The summed E-state index contributed by atoms with van der Waals surface area (Å²) in [6.07, 6.45) is 3.52. The zero-order valence-electron chi connectivity index (χ0n) is 11.6. The number of aliphatic hydroxyl groups is 1. The summed E-state index contributed by atoms with van der Waals surface area (Å²) < 4.78 is 5.18. The maximum atomic E-state index is 12.3. The summed E-state index contributed by atoms with van der Waals surface area (Å²) in [5.41, 5.74) is -0.826. The SMILES string of the molecule is CC1(O)CCCN(C(=O)c2noc(C3CCCN3)n2)C1. The van der Waals surface area contributed by atoms with Crippen LogP contribution in [0.15, 0.2) is 4.52 Å². The molecule has 0 aliphatic carbocycles. The van der Waals surface area contributed by atoms with Crippen molar-refractivity contribution >= 4 is 5.91 Å². The molecule has 2 aliphatic rings. The van der Waals surface area contributed by atoms with Crippen LogP contribution in [0, 0.1) is 0 Å². The largest absolute Gasteiger partial charge is 0.388 e. The molecule has 1 aromatic rings. The summed E-state index contributed by atoms with van der Waals surface area (Å²) in [5, 5.41) is 17.1. The van der Waals surface area contributed by atoms with Crippen molar-refractivity contribution in [3.05, 3.63) is 11.7 Å². The highest BCUT2D eigenvalue weighted by molar-refractivity contribution is 5.90. The van der Waals surface area contributed by atoms with Crippen molar-refractivity contribution < 1.29 is 14.4 Å². The minimum Gasteiger partial charge on any atom is -0.388 e. The number of likely N-dealkylation sites (tertiary alicyclic amines) is 1. The molecule has 0 aromatic carbocycles. The van der Waals surface area contributed by atoms with Crippen molar-refractivity contribution in [1.82, 2.24) is 20.4 Å². The summed E-state index contributed by atoms with van der Waals surface area (Å²) in [6.45, 7) is 3.62. The standard InChI is InChI=1S/C13H20N4O3/c1-13(19)5-3-7-17(8-13)12(18)10-15-11(20-16-10)9-4-2-6-14-9/h9,14,19H,2-8H2,1H3. The van der Waals surface area contributed by atoms with Crippen LogP contribution < -0.4 is 5.32 Å². The summed E-state index contributed by atoms with van der Waals surface area (Å²) in [5.74, 6) is 0.305. The lowest BCUT2D eigenvalue weighted by Crippen LogP contribution is -2.48. The Hall–Kier alpha value is -1.47. The number of carbonyl (C=O) groups excluding carboxylic acids is 1. The second-order valence-corrected chi connectivity index (χ2v) is 5.93. The first kappa shape index (κ1) is 13.5. The summed E-state index contributed by atoms with van der Waals surface area (Å²) in [4.78, 5) is 18.1. The highest BCUT2D eigenvalue weighted by Gasteiger charge is 2.33. The van der Waals surface area contributed by atoms with Crippen LogP contribution in [0.25, 0.3) is 0 Å². The van der Waals surface area contributed by atoms with E-state index in [1.807, 2.05) is 0 Å². The first-order valence-corrected chi connectivity index (χ1v) is 7.14. The van der Waals surface area contributed by atoms with Gasteiger partial charge >= 0.3 is 0 Å². The van der Waals surface area contributed by atoms with Gasteiger partial charge < -0.3 is 19.8 Å². The number of hydrogen-bond acceptors (Lipinski definition) is 6. The van der Waals surface area contributed by atoms with Crippen LogP contribution >= 0.6 is 0 Å². The third-order valence-corrected chi connectivity index (χ3v) is 3.95. The average molecular weight is 280 g/mol. The average Bonchev–Trinajstić information content (AvgIpc) is 3.07. The second-order valence-electron chi connectivity index (χ2n) is 5.93. The first-order chi connectivity index (χ1) is 9.55. The molecule has 1 aromatic heterocycles. The fourth-order valence-corrected chi connectivity index (χ4v) is 2.89. The molecular formula is C13H20N4O3. The Morgan fingerprint density at radius 3 is 3.10 bits per heavy atom. The van der Waals surface area contributed by atoms with Crippen LogP contribution in [0.3, 0.4) is 0 Å². The molecule has 2 saturated heterocycles. The molecule has 1 amide bonds. The van der Waals surface area contributed by atoms with Gasteiger partial charge in [0.25, 0.3) is 11.7 Å². The van der Waals surface area contributed by atoms with Gasteiger partial charge in [-0.2, -0.15) is 4.98 Å². The topological polar surface area (TPSA) is 91.5 Å². The number of nitrogens with zero attached hydrogens (tertiary/aromatic N) is 3. The van der Waals surface area contributed by atoms with Crippen molar-refractivity contribution in [2.24, 2.45) is 0 Å². The fourth-order valence-electron chi connectivity index (χ4n) is 2.89. The van der Waals surface area contributed by atoms with E-state index in [0.717, 1.165) is 25.8 Å². The second kappa shape index (κ2) is 5.14. The van der Waals surface area contributed by atoms with Crippen LogP contribution in [0.1, 0.15) is 55.2 Å². The van der Waals surface area contributed by atoms with Crippen LogP contribution in [0.5, 0.6) is 0 Å². The zero-order chi connectivity index (χ0) is 14.2. The van der Waals surface area contributed by atoms with E-state index in [1.54, 1.807) is 11.8 Å². The normalized spacial score (nSPS) is 30.7. The number of aromatic nitrogens is 2. The van der Waals surface area contributed by atoms with Gasteiger partial charge in [-0.1, -0.05) is 5.16 Å². The highest BCUT2D eigenvalue weighted by atomic mass is 16.5. The zero-order valence-corrected chi connectivity index (χ0v) is 11.6. The number of hydrogen-bond donors (Lipinski definition) is 2. The molecule has 3 heterocycles. The maximum absolute atomic E-state index is 12.3. The van der Waals surface area contributed by atoms with Crippen molar-refractivity contribution in [2.45, 2.75) is 44.2 Å². The molecule has 2 fully saturated rings. The van der Waals surface area contributed by atoms with Crippen LogP contribution in [-0.4, -0.2) is 51.3 Å². The van der Waals surface area contributed by atoms with Gasteiger partial charge in [0, 0.05) is 13.1 Å². The number of rotatable bonds is 2. The predicted molar refractivity (Wildman–Crippen MR) is 70.0 cm³/mol. The lowest BCUT2D eigenvalue weighted by Gasteiger charge is -2.36. The van der Waals surface area contributed by atoms with Gasteiger partial charge in [0.1, 0.15) is 0 Å². The lowest BCUT2D eigenvalue weighted by molar-refractivity contribution is -0.0112. The van der Waals surface area contributed by atoms with Crippen molar-refractivity contribution in [3.63, 3.8) is 0 Å². The van der Waals surface area contributed by atoms with Crippen LogP contribution in [-0.2, 0) is 0 Å². The number of nitrogens with one attached hydrogen (secondary N) is 1. The Bertz CT molecular complexity index is 494. The smallest absolute Gasteiger partial charge is 0.295 e. The first-order valence-electron chi connectivity index (χ1n) is 7.14. The Kier molecular flexibility index (Phi) is 3.47. The minimum atomic E-state index is -0.826. The molecule has 110 valence electrons. The van der Waals surface area contributed by atoms with Gasteiger partial charge in [0.2, 0.25) is 5.89 Å². The van der Waals surface area contributed by atoms with E-state index in [2.05, 4.69) is 15.5 Å². The molecule has 2 unspecified atom stereocenters. The van der Waals surface area contributed by atoms with Crippen LogP contribution in [0.2, 0.25) is 0 Å². The molecule has 0 saturated carbocycles. The molecule has 3 rings (SSSR count). The molecule has 0 bridgehead atoms. The fraction of sp³-hybridized carbons (Fsp3) is 0.769. The molecule has 2 N–H and O–H groups in total. The van der Waals surface area contributed by atoms with Crippen molar-refractivity contribution in [3.8, 4) is 0 Å². The van der Waals surface area contributed by atoms with E-state index >= 15 is 0 Å².